The Hall–Kier alpha value is -3.28. The largest absolute Gasteiger partial charge is 0.508 e. The molecule has 0 bridgehead atoms. The Morgan fingerprint density at radius 2 is 1.91 bits per heavy atom. The average molecular weight is 310 g/mol. The number of carboxylic acids is 1. The van der Waals surface area contributed by atoms with Crippen LogP contribution in [0.1, 0.15) is 16.1 Å². The van der Waals surface area contributed by atoms with E-state index in [4.69, 9.17) is 4.74 Å². The summed E-state index contributed by atoms with van der Waals surface area (Å²) in [5.41, 5.74) is 0.694. The molecular formula is C17H14N2O4. The highest BCUT2D eigenvalue weighted by molar-refractivity contribution is 5.89. The van der Waals surface area contributed by atoms with Gasteiger partial charge in [0, 0.05) is 0 Å². The number of para-hydroxylation sites is 1. The van der Waals surface area contributed by atoms with Crippen LogP contribution < -0.4 is 4.74 Å². The molecule has 0 aliphatic carbocycles. The molecule has 0 aliphatic heterocycles. The average Bonchev–Trinajstić information content (AvgIpc) is 2.91. The summed E-state index contributed by atoms with van der Waals surface area (Å²) in [5.74, 6) is -0.309. The van der Waals surface area contributed by atoms with Crippen molar-refractivity contribution in [3.8, 4) is 17.2 Å². The molecule has 23 heavy (non-hydrogen) atoms. The van der Waals surface area contributed by atoms with E-state index in [1.54, 1.807) is 48.5 Å². The zero-order valence-corrected chi connectivity index (χ0v) is 12.1. The summed E-state index contributed by atoms with van der Waals surface area (Å²) in [4.78, 5) is 11.6. The van der Waals surface area contributed by atoms with Gasteiger partial charge in [0.05, 0.1) is 12.7 Å². The first-order chi connectivity index (χ1) is 11.1. The zero-order chi connectivity index (χ0) is 16.2. The molecule has 0 fully saturated rings. The first-order valence-corrected chi connectivity index (χ1v) is 6.93. The quantitative estimate of drug-likeness (QED) is 0.756. The first-order valence-electron chi connectivity index (χ1n) is 6.93. The fourth-order valence-corrected chi connectivity index (χ4v) is 2.22. The van der Waals surface area contributed by atoms with E-state index in [1.165, 1.54) is 10.9 Å². The third-order valence-electron chi connectivity index (χ3n) is 3.22. The number of aromatic hydroxyl groups is 1. The lowest BCUT2D eigenvalue weighted by Gasteiger charge is -2.07. The normalized spacial score (nSPS) is 10.4. The summed E-state index contributed by atoms with van der Waals surface area (Å²) in [5, 5.41) is 23.0. The number of rotatable bonds is 5. The number of ether oxygens (including phenoxy) is 1. The number of nitrogens with zero attached hydrogens (tertiary/aromatic N) is 2. The SMILES string of the molecule is O=C(O)c1c(Oc2ccccc2)cnn1Cc1cccc(O)c1. The van der Waals surface area contributed by atoms with Crippen molar-refractivity contribution in [2.24, 2.45) is 0 Å². The second-order valence-corrected chi connectivity index (χ2v) is 4.91. The Morgan fingerprint density at radius 1 is 1.13 bits per heavy atom. The minimum Gasteiger partial charge on any atom is -0.508 e. The molecule has 0 spiro atoms. The minimum absolute atomic E-state index is 0.0443. The van der Waals surface area contributed by atoms with Crippen molar-refractivity contribution in [1.82, 2.24) is 9.78 Å². The Labute approximate surface area is 132 Å². The van der Waals surface area contributed by atoms with Gasteiger partial charge in [-0.3, -0.25) is 4.68 Å². The van der Waals surface area contributed by atoms with E-state index in [0.717, 1.165) is 5.56 Å². The van der Waals surface area contributed by atoms with Crippen LogP contribution >= 0.6 is 0 Å². The molecule has 6 nitrogen and oxygen atoms in total. The van der Waals surface area contributed by atoms with Crippen molar-refractivity contribution in [2.45, 2.75) is 6.54 Å². The lowest BCUT2D eigenvalue weighted by Crippen LogP contribution is -2.11. The Kier molecular flexibility index (Phi) is 3.97. The summed E-state index contributed by atoms with van der Waals surface area (Å²) in [6.45, 7) is 0.216. The lowest BCUT2D eigenvalue weighted by molar-refractivity contribution is 0.0681. The molecule has 0 saturated carbocycles. The molecule has 0 radical (unpaired) electrons. The highest BCUT2D eigenvalue weighted by Crippen LogP contribution is 2.26. The van der Waals surface area contributed by atoms with Crippen molar-refractivity contribution >= 4 is 5.97 Å². The maximum absolute atomic E-state index is 11.6. The van der Waals surface area contributed by atoms with E-state index in [0.29, 0.717) is 5.75 Å². The van der Waals surface area contributed by atoms with Crippen LogP contribution in [0.5, 0.6) is 17.2 Å². The maximum Gasteiger partial charge on any atom is 0.358 e. The number of aromatic carboxylic acids is 1. The monoisotopic (exact) mass is 310 g/mol. The van der Waals surface area contributed by atoms with E-state index in [-0.39, 0.29) is 23.7 Å². The van der Waals surface area contributed by atoms with Crippen LogP contribution in [0, 0.1) is 0 Å². The number of hydrogen-bond acceptors (Lipinski definition) is 4. The van der Waals surface area contributed by atoms with Gasteiger partial charge in [-0.1, -0.05) is 30.3 Å². The molecule has 2 aromatic carbocycles. The van der Waals surface area contributed by atoms with Crippen molar-refractivity contribution in [1.29, 1.82) is 0 Å². The summed E-state index contributed by atoms with van der Waals surface area (Å²) in [6.07, 6.45) is 1.37. The molecule has 0 atom stereocenters. The van der Waals surface area contributed by atoms with E-state index in [1.807, 2.05) is 6.07 Å². The highest BCUT2D eigenvalue weighted by atomic mass is 16.5. The van der Waals surface area contributed by atoms with Gasteiger partial charge in [-0.25, -0.2) is 4.79 Å². The van der Waals surface area contributed by atoms with Crippen LogP contribution in [0.2, 0.25) is 0 Å². The number of hydrogen-bond donors (Lipinski definition) is 2. The smallest absolute Gasteiger partial charge is 0.358 e. The summed E-state index contributed by atoms with van der Waals surface area (Å²) in [7, 11) is 0. The van der Waals surface area contributed by atoms with Crippen LogP contribution in [-0.2, 0) is 6.54 Å². The number of carbonyl (C=O) groups is 1. The molecule has 3 aromatic rings. The van der Waals surface area contributed by atoms with Gasteiger partial charge >= 0.3 is 5.97 Å². The lowest BCUT2D eigenvalue weighted by atomic mass is 10.2. The second kappa shape index (κ2) is 6.23. The van der Waals surface area contributed by atoms with Crippen molar-refractivity contribution in [3.05, 3.63) is 72.1 Å². The third kappa shape index (κ3) is 3.32. The molecule has 6 heteroatoms. The molecule has 0 saturated heterocycles. The standard InChI is InChI=1S/C17H14N2O4/c20-13-6-4-5-12(9-13)11-19-16(17(21)22)15(10-18-19)23-14-7-2-1-3-8-14/h1-10,20H,11H2,(H,21,22). The van der Waals surface area contributed by atoms with Gasteiger partial charge in [-0.2, -0.15) is 5.10 Å². The van der Waals surface area contributed by atoms with Crippen molar-refractivity contribution in [3.63, 3.8) is 0 Å². The second-order valence-electron chi connectivity index (χ2n) is 4.91. The van der Waals surface area contributed by atoms with Gasteiger partial charge in [0.1, 0.15) is 11.5 Å². The topological polar surface area (TPSA) is 84.6 Å². The van der Waals surface area contributed by atoms with Gasteiger partial charge in [0.2, 0.25) is 0 Å². The minimum atomic E-state index is -1.13. The Morgan fingerprint density at radius 3 is 2.61 bits per heavy atom. The molecule has 3 rings (SSSR count). The van der Waals surface area contributed by atoms with Crippen molar-refractivity contribution < 1.29 is 19.7 Å². The molecular weight excluding hydrogens is 296 g/mol. The van der Waals surface area contributed by atoms with E-state index in [2.05, 4.69) is 5.10 Å². The van der Waals surface area contributed by atoms with E-state index >= 15 is 0 Å². The van der Waals surface area contributed by atoms with Crippen LogP contribution in [0.4, 0.5) is 0 Å². The number of phenolic OH excluding ortho intramolecular Hbond substituents is 1. The predicted molar refractivity (Wildman–Crippen MR) is 82.9 cm³/mol. The molecule has 1 heterocycles. The fourth-order valence-electron chi connectivity index (χ4n) is 2.22. The zero-order valence-electron chi connectivity index (χ0n) is 12.1. The molecule has 116 valence electrons. The number of phenols is 1. The van der Waals surface area contributed by atoms with Crippen molar-refractivity contribution in [2.75, 3.05) is 0 Å². The third-order valence-corrected chi connectivity index (χ3v) is 3.22. The van der Waals surface area contributed by atoms with Gasteiger partial charge in [-0.05, 0) is 29.8 Å². The van der Waals surface area contributed by atoms with Gasteiger partial charge in [0.15, 0.2) is 11.4 Å². The van der Waals surface area contributed by atoms with Crippen LogP contribution in [0.15, 0.2) is 60.8 Å². The summed E-state index contributed by atoms with van der Waals surface area (Å²) < 4.78 is 6.93. The predicted octanol–water partition coefficient (Wildman–Crippen LogP) is 3.13. The number of benzene rings is 2. The molecule has 2 N–H and O–H groups in total. The number of carboxylic acid groups (broad SMARTS) is 1. The van der Waals surface area contributed by atoms with Crippen LogP contribution in [0.3, 0.4) is 0 Å². The number of aromatic nitrogens is 2. The van der Waals surface area contributed by atoms with Crippen LogP contribution in [0.25, 0.3) is 0 Å². The molecule has 0 amide bonds. The molecule has 0 aliphatic rings. The van der Waals surface area contributed by atoms with E-state index < -0.39 is 5.97 Å². The Balaban J connectivity index is 1.91. The van der Waals surface area contributed by atoms with Gasteiger partial charge in [0.25, 0.3) is 0 Å². The summed E-state index contributed by atoms with van der Waals surface area (Å²) >= 11 is 0. The van der Waals surface area contributed by atoms with Crippen LogP contribution in [-0.4, -0.2) is 26.0 Å². The van der Waals surface area contributed by atoms with Gasteiger partial charge in [-0.15, -0.1) is 0 Å². The molecule has 1 aromatic heterocycles. The highest BCUT2D eigenvalue weighted by Gasteiger charge is 2.20. The maximum atomic E-state index is 11.6. The molecule has 0 unspecified atom stereocenters. The summed E-state index contributed by atoms with van der Waals surface area (Å²) in [6, 6.07) is 15.5. The van der Waals surface area contributed by atoms with Gasteiger partial charge < -0.3 is 14.9 Å². The van der Waals surface area contributed by atoms with E-state index in [9.17, 15) is 15.0 Å². The first kappa shape index (κ1) is 14.6. The Bertz CT molecular complexity index is 828. The fraction of sp³-hybridized carbons (Fsp3) is 0.0588.